The molecule has 2 fully saturated rings. The average Bonchev–Trinajstić information content (AvgIpc) is 2.69. The number of carbonyl (C=O) groups excluding carboxylic acids is 1. The van der Waals surface area contributed by atoms with Crippen LogP contribution in [0.25, 0.3) is 0 Å². The zero-order chi connectivity index (χ0) is 18.4. The third-order valence-electron chi connectivity index (χ3n) is 5.58. The Hall–Kier alpha value is -1.73. The summed E-state index contributed by atoms with van der Waals surface area (Å²) in [5.41, 5.74) is 0.168. The van der Waals surface area contributed by atoms with Gasteiger partial charge in [-0.15, -0.1) is 0 Å². The first-order valence-electron chi connectivity index (χ1n) is 9.84. The van der Waals surface area contributed by atoms with E-state index in [0.717, 1.165) is 45.6 Å². The number of carbonyl (C=O) groups is 1. The van der Waals surface area contributed by atoms with Crippen LogP contribution >= 0.6 is 0 Å². The number of rotatable bonds is 6. The van der Waals surface area contributed by atoms with Crippen molar-refractivity contribution in [2.45, 2.75) is 57.5 Å². The first kappa shape index (κ1) is 19.0. The Balaban J connectivity index is 1.69. The number of hydrogen-bond acceptors (Lipinski definition) is 5. The van der Waals surface area contributed by atoms with Crippen LogP contribution in [0.2, 0.25) is 0 Å². The molecule has 7 nitrogen and oxygen atoms in total. The first-order valence-corrected chi connectivity index (χ1v) is 9.84. The number of morpholine rings is 1. The Bertz CT molecular complexity index is 661. The van der Waals surface area contributed by atoms with Crippen molar-refractivity contribution < 1.29 is 9.53 Å². The van der Waals surface area contributed by atoms with Crippen LogP contribution < -0.4 is 10.9 Å². The highest BCUT2D eigenvalue weighted by molar-refractivity contribution is 5.92. The molecule has 0 aromatic carbocycles. The van der Waals surface area contributed by atoms with Gasteiger partial charge < -0.3 is 10.1 Å². The lowest BCUT2D eigenvalue weighted by Crippen LogP contribution is -2.59. The summed E-state index contributed by atoms with van der Waals surface area (Å²) in [5, 5.41) is 7.32. The van der Waals surface area contributed by atoms with Gasteiger partial charge in [0.25, 0.3) is 11.5 Å². The van der Waals surface area contributed by atoms with Gasteiger partial charge in [0.15, 0.2) is 0 Å². The summed E-state index contributed by atoms with van der Waals surface area (Å²) >= 11 is 0. The molecule has 2 heterocycles. The van der Waals surface area contributed by atoms with Gasteiger partial charge in [0, 0.05) is 37.8 Å². The topological polar surface area (TPSA) is 76.5 Å². The third kappa shape index (κ3) is 4.32. The summed E-state index contributed by atoms with van der Waals surface area (Å²) in [6, 6.07) is 2.95. The maximum atomic E-state index is 12.6. The standard InChI is InChI=1S/C19H30N4O3/c1-2-10-23-17(24)7-6-16(21-23)18(25)20-15-19(8-4-3-5-9-19)22-11-13-26-14-12-22/h6-7H,2-5,8-15H2,1H3,(H,20,25). The molecule has 3 rings (SSSR count). The number of ether oxygens (including phenoxy) is 1. The Labute approximate surface area is 154 Å². The van der Waals surface area contributed by atoms with Crippen LogP contribution in [0.15, 0.2) is 16.9 Å². The molecule has 0 radical (unpaired) electrons. The van der Waals surface area contributed by atoms with Crippen LogP contribution in [-0.2, 0) is 11.3 Å². The summed E-state index contributed by atoms with van der Waals surface area (Å²) in [7, 11) is 0. The van der Waals surface area contributed by atoms with Crippen LogP contribution in [-0.4, -0.2) is 59.0 Å². The van der Waals surface area contributed by atoms with Crippen LogP contribution in [0.5, 0.6) is 0 Å². The predicted octanol–water partition coefficient (Wildman–Crippen LogP) is 1.42. The van der Waals surface area contributed by atoms with E-state index in [1.165, 1.54) is 36.1 Å². The zero-order valence-corrected chi connectivity index (χ0v) is 15.7. The van der Waals surface area contributed by atoms with Crippen molar-refractivity contribution in [2.24, 2.45) is 0 Å². The predicted molar refractivity (Wildman–Crippen MR) is 99.3 cm³/mol. The van der Waals surface area contributed by atoms with Gasteiger partial charge in [0.05, 0.1) is 13.2 Å². The molecule has 144 valence electrons. The lowest BCUT2D eigenvalue weighted by atomic mass is 9.79. The molecule has 0 spiro atoms. The van der Waals surface area contributed by atoms with E-state index >= 15 is 0 Å². The quantitative estimate of drug-likeness (QED) is 0.828. The lowest BCUT2D eigenvalue weighted by Gasteiger charge is -2.48. The van der Waals surface area contributed by atoms with E-state index in [1.807, 2.05) is 6.92 Å². The molecule has 0 atom stereocenters. The van der Waals surface area contributed by atoms with E-state index in [0.29, 0.717) is 18.8 Å². The number of aryl methyl sites for hydroxylation is 1. The first-order chi connectivity index (χ1) is 12.6. The molecule has 1 saturated carbocycles. The van der Waals surface area contributed by atoms with Crippen molar-refractivity contribution in [3.8, 4) is 0 Å². The summed E-state index contributed by atoms with van der Waals surface area (Å²) in [6.07, 6.45) is 6.69. The average molecular weight is 362 g/mol. The van der Waals surface area contributed by atoms with Crippen molar-refractivity contribution in [3.63, 3.8) is 0 Å². The zero-order valence-electron chi connectivity index (χ0n) is 15.7. The van der Waals surface area contributed by atoms with Crippen LogP contribution in [0.3, 0.4) is 0 Å². The fraction of sp³-hybridized carbons (Fsp3) is 0.737. The molecule has 7 heteroatoms. The molecule has 2 aliphatic rings. The largest absolute Gasteiger partial charge is 0.379 e. The maximum Gasteiger partial charge on any atom is 0.271 e. The van der Waals surface area contributed by atoms with Gasteiger partial charge in [-0.1, -0.05) is 26.2 Å². The minimum absolute atomic E-state index is 0.0234. The van der Waals surface area contributed by atoms with Gasteiger partial charge in [0.1, 0.15) is 5.69 Å². The second kappa shape index (κ2) is 8.77. The number of nitrogens with zero attached hydrogens (tertiary/aromatic N) is 3. The SMILES string of the molecule is CCCn1nc(C(=O)NCC2(N3CCOCC3)CCCCC2)ccc1=O. The van der Waals surface area contributed by atoms with Crippen LogP contribution in [0.4, 0.5) is 0 Å². The van der Waals surface area contributed by atoms with E-state index < -0.39 is 0 Å². The summed E-state index contributed by atoms with van der Waals surface area (Å²) in [5.74, 6) is -0.201. The van der Waals surface area contributed by atoms with E-state index in [9.17, 15) is 9.59 Å². The minimum Gasteiger partial charge on any atom is -0.379 e. The number of aromatic nitrogens is 2. The van der Waals surface area contributed by atoms with Crippen molar-refractivity contribution >= 4 is 5.91 Å². The Kier molecular flexibility index (Phi) is 6.43. The van der Waals surface area contributed by atoms with E-state index in [-0.39, 0.29) is 17.0 Å². The molecule has 0 unspecified atom stereocenters. The number of hydrogen-bond donors (Lipinski definition) is 1. The number of nitrogens with one attached hydrogen (secondary N) is 1. The second-order valence-electron chi connectivity index (χ2n) is 7.35. The smallest absolute Gasteiger partial charge is 0.271 e. The monoisotopic (exact) mass is 362 g/mol. The minimum atomic E-state index is -0.201. The summed E-state index contributed by atoms with van der Waals surface area (Å²) in [6.45, 7) is 6.51. The normalized spacial score (nSPS) is 20.7. The van der Waals surface area contributed by atoms with Gasteiger partial charge >= 0.3 is 0 Å². The summed E-state index contributed by atoms with van der Waals surface area (Å²) in [4.78, 5) is 26.9. The second-order valence-corrected chi connectivity index (χ2v) is 7.35. The molecule has 1 aromatic rings. The van der Waals surface area contributed by atoms with Crippen LogP contribution in [0.1, 0.15) is 55.9 Å². The molecule has 1 amide bonds. The lowest BCUT2D eigenvalue weighted by molar-refractivity contribution is -0.0361. The Morgan fingerprint density at radius 3 is 2.65 bits per heavy atom. The molecule has 1 aliphatic carbocycles. The molecular weight excluding hydrogens is 332 g/mol. The van der Waals surface area contributed by atoms with Crippen molar-refractivity contribution in [1.29, 1.82) is 0 Å². The van der Waals surface area contributed by atoms with Gasteiger partial charge in [-0.25, -0.2) is 4.68 Å². The summed E-state index contributed by atoms with van der Waals surface area (Å²) < 4.78 is 6.87. The molecule has 1 aromatic heterocycles. The van der Waals surface area contributed by atoms with Gasteiger partial charge in [-0.05, 0) is 25.3 Å². The fourth-order valence-corrected chi connectivity index (χ4v) is 4.13. The number of amides is 1. The molecule has 26 heavy (non-hydrogen) atoms. The van der Waals surface area contributed by atoms with Gasteiger partial charge in [-0.3, -0.25) is 14.5 Å². The molecule has 1 aliphatic heterocycles. The van der Waals surface area contributed by atoms with Crippen molar-refractivity contribution in [3.05, 3.63) is 28.2 Å². The van der Waals surface area contributed by atoms with E-state index in [4.69, 9.17) is 4.74 Å². The highest BCUT2D eigenvalue weighted by atomic mass is 16.5. The highest BCUT2D eigenvalue weighted by Crippen LogP contribution is 2.33. The molecular formula is C19H30N4O3. The highest BCUT2D eigenvalue weighted by Gasteiger charge is 2.38. The van der Waals surface area contributed by atoms with Gasteiger partial charge in [0.2, 0.25) is 0 Å². The maximum absolute atomic E-state index is 12.6. The Morgan fingerprint density at radius 2 is 1.96 bits per heavy atom. The molecule has 1 saturated heterocycles. The Morgan fingerprint density at radius 1 is 1.23 bits per heavy atom. The van der Waals surface area contributed by atoms with Crippen molar-refractivity contribution in [2.75, 3.05) is 32.8 Å². The molecule has 1 N–H and O–H groups in total. The van der Waals surface area contributed by atoms with Crippen LogP contribution in [0, 0.1) is 0 Å². The third-order valence-corrected chi connectivity index (χ3v) is 5.58. The van der Waals surface area contributed by atoms with E-state index in [2.05, 4.69) is 15.3 Å². The van der Waals surface area contributed by atoms with Gasteiger partial charge in [-0.2, -0.15) is 5.10 Å². The van der Waals surface area contributed by atoms with E-state index in [1.54, 1.807) is 0 Å². The van der Waals surface area contributed by atoms with Crippen molar-refractivity contribution in [1.82, 2.24) is 20.0 Å². The fourth-order valence-electron chi connectivity index (χ4n) is 4.13. The molecule has 0 bridgehead atoms.